The normalized spacial score (nSPS) is 11.8. The van der Waals surface area contributed by atoms with Gasteiger partial charge in [0.1, 0.15) is 12.3 Å². The molecule has 2 N–H and O–H groups in total. The van der Waals surface area contributed by atoms with Crippen LogP contribution >= 0.6 is 0 Å². The lowest BCUT2D eigenvalue weighted by molar-refractivity contribution is -0.127. The van der Waals surface area contributed by atoms with Crippen molar-refractivity contribution in [2.45, 2.75) is 26.2 Å². The molecule has 1 aromatic carbocycles. The van der Waals surface area contributed by atoms with E-state index in [1.807, 2.05) is 25.1 Å². The number of rotatable bonds is 7. The topological polar surface area (TPSA) is 66.0 Å². The third-order valence-electron chi connectivity index (χ3n) is 3.76. The zero-order valence-corrected chi connectivity index (χ0v) is 15.6. The predicted octanol–water partition coefficient (Wildman–Crippen LogP) is 1.62. The molecule has 0 aliphatic heterocycles. The van der Waals surface area contributed by atoms with Gasteiger partial charge in [-0.3, -0.25) is 4.79 Å². The Kier molecular flexibility index (Phi) is 7.55. The number of nitrogens with zero attached hydrogens (tertiary/aromatic N) is 2. The molecule has 24 heavy (non-hydrogen) atoms. The zero-order chi connectivity index (χ0) is 18.2. The number of likely N-dealkylation sites (N-methyl/N-ethyl adjacent to an activating group) is 1. The van der Waals surface area contributed by atoms with Crippen molar-refractivity contribution in [2.75, 3.05) is 40.8 Å². The van der Waals surface area contributed by atoms with Gasteiger partial charge < -0.3 is 20.3 Å². The van der Waals surface area contributed by atoms with Gasteiger partial charge in [0.15, 0.2) is 5.96 Å². The lowest BCUT2D eigenvalue weighted by Crippen LogP contribution is -2.44. The van der Waals surface area contributed by atoms with Crippen LogP contribution in [0.25, 0.3) is 0 Å². The number of hydrogen-bond donors (Lipinski definition) is 2. The van der Waals surface area contributed by atoms with Gasteiger partial charge in [-0.15, -0.1) is 0 Å². The molecule has 0 spiro atoms. The third kappa shape index (κ3) is 6.10. The molecule has 0 radical (unpaired) electrons. The van der Waals surface area contributed by atoms with Gasteiger partial charge in [0, 0.05) is 32.6 Å². The second-order valence-corrected chi connectivity index (χ2v) is 6.45. The Morgan fingerprint density at radius 3 is 2.58 bits per heavy atom. The van der Waals surface area contributed by atoms with Gasteiger partial charge in [0.05, 0.1) is 7.11 Å². The second-order valence-electron chi connectivity index (χ2n) is 6.45. The molecule has 6 nitrogen and oxygen atoms in total. The van der Waals surface area contributed by atoms with Gasteiger partial charge in [0.25, 0.3) is 0 Å². The molecule has 0 saturated carbocycles. The maximum atomic E-state index is 11.7. The molecule has 0 aliphatic rings. The van der Waals surface area contributed by atoms with Gasteiger partial charge in [-0.05, 0) is 24.6 Å². The van der Waals surface area contributed by atoms with Gasteiger partial charge in [-0.25, -0.2) is 4.99 Å². The van der Waals surface area contributed by atoms with Gasteiger partial charge in [-0.1, -0.05) is 26.0 Å². The Hall–Kier alpha value is -2.24. The molecule has 0 saturated heterocycles. The van der Waals surface area contributed by atoms with Crippen molar-refractivity contribution >= 4 is 11.9 Å². The molecular weight excluding hydrogens is 304 g/mol. The standard InChI is InChI=1S/C18H30N4O2/c1-7-19-17(20-12-16(23)22(4)5)21-13-18(2,3)14-9-8-10-15(11-14)24-6/h8-11H,7,12-13H2,1-6H3,(H2,19,20,21). The van der Waals surface area contributed by atoms with Crippen LogP contribution in [0.4, 0.5) is 0 Å². The number of amides is 1. The second kappa shape index (κ2) is 9.15. The molecule has 0 aliphatic carbocycles. The van der Waals surface area contributed by atoms with Crippen LogP contribution < -0.4 is 15.4 Å². The van der Waals surface area contributed by atoms with Crippen molar-refractivity contribution in [2.24, 2.45) is 4.99 Å². The highest BCUT2D eigenvalue weighted by Crippen LogP contribution is 2.25. The number of guanidine groups is 1. The van der Waals surface area contributed by atoms with E-state index in [1.165, 1.54) is 10.5 Å². The van der Waals surface area contributed by atoms with E-state index in [4.69, 9.17) is 4.74 Å². The van der Waals surface area contributed by atoms with E-state index in [0.29, 0.717) is 12.5 Å². The van der Waals surface area contributed by atoms with Crippen LogP contribution in [0.2, 0.25) is 0 Å². The van der Waals surface area contributed by atoms with Crippen molar-refractivity contribution in [3.63, 3.8) is 0 Å². The number of hydrogen-bond acceptors (Lipinski definition) is 3. The number of carbonyl (C=O) groups is 1. The molecule has 1 aromatic rings. The Bertz CT molecular complexity index is 568. The van der Waals surface area contributed by atoms with Gasteiger partial charge >= 0.3 is 0 Å². The van der Waals surface area contributed by atoms with Gasteiger partial charge in [-0.2, -0.15) is 0 Å². The van der Waals surface area contributed by atoms with E-state index in [0.717, 1.165) is 12.3 Å². The number of methoxy groups -OCH3 is 1. The molecule has 0 unspecified atom stereocenters. The minimum atomic E-state index is -0.115. The van der Waals surface area contributed by atoms with E-state index < -0.39 is 0 Å². The Balaban J connectivity index is 2.76. The van der Waals surface area contributed by atoms with E-state index in [2.05, 4.69) is 35.5 Å². The third-order valence-corrected chi connectivity index (χ3v) is 3.76. The summed E-state index contributed by atoms with van der Waals surface area (Å²) >= 11 is 0. The lowest BCUT2D eigenvalue weighted by atomic mass is 9.84. The quantitative estimate of drug-likeness (QED) is 0.587. The van der Waals surface area contributed by atoms with Crippen LogP contribution in [0, 0.1) is 0 Å². The lowest BCUT2D eigenvalue weighted by Gasteiger charge is -2.27. The molecule has 0 aromatic heterocycles. The predicted molar refractivity (Wildman–Crippen MR) is 98.7 cm³/mol. The summed E-state index contributed by atoms with van der Waals surface area (Å²) < 4.78 is 5.30. The minimum absolute atomic E-state index is 0.0285. The minimum Gasteiger partial charge on any atom is -0.497 e. The fourth-order valence-electron chi connectivity index (χ4n) is 2.08. The van der Waals surface area contributed by atoms with E-state index in [1.54, 1.807) is 21.2 Å². The number of benzene rings is 1. The molecule has 0 bridgehead atoms. The van der Waals surface area contributed by atoms with Crippen LogP contribution in [-0.2, 0) is 10.2 Å². The molecule has 0 fully saturated rings. The average Bonchev–Trinajstić information content (AvgIpc) is 2.57. The largest absolute Gasteiger partial charge is 0.497 e. The van der Waals surface area contributed by atoms with Crippen LogP contribution in [-0.4, -0.2) is 57.6 Å². The van der Waals surface area contributed by atoms with E-state index >= 15 is 0 Å². The molecule has 0 atom stereocenters. The summed E-state index contributed by atoms with van der Waals surface area (Å²) in [5, 5.41) is 6.49. The molecular formula is C18H30N4O2. The first kappa shape index (κ1) is 19.8. The molecule has 0 heterocycles. The van der Waals surface area contributed by atoms with E-state index in [9.17, 15) is 4.79 Å². The zero-order valence-electron chi connectivity index (χ0n) is 15.6. The van der Waals surface area contributed by atoms with Crippen LogP contribution in [0.1, 0.15) is 26.3 Å². The fraction of sp³-hybridized carbons (Fsp3) is 0.556. The van der Waals surface area contributed by atoms with Crippen molar-refractivity contribution in [3.8, 4) is 5.75 Å². The van der Waals surface area contributed by atoms with Crippen molar-refractivity contribution in [1.82, 2.24) is 15.5 Å². The SMILES string of the molecule is CCNC(=NCC(=O)N(C)C)NCC(C)(C)c1cccc(OC)c1. The summed E-state index contributed by atoms with van der Waals surface area (Å²) in [6.45, 7) is 7.86. The van der Waals surface area contributed by atoms with Crippen molar-refractivity contribution in [1.29, 1.82) is 0 Å². The summed E-state index contributed by atoms with van der Waals surface area (Å²) in [7, 11) is 5.12. The fourth-order valence-corrected chi connectivity index (χ4v) is 2.08. The van der Waals surface area contributed by atoms with Crippen molar-refractivity contribution in [3.05, 3.63) is 29.8 Å². The Labute approximate surface area is 145 Å². The highest BCUT2D eigenvalue weighted by Gasteiger charge is 2.21. The number of ether oxygens (including phenoxy) is 1. The van der Waals surface area contributed by atoms with Crippen molar-refractivity contribution < 1.29 is 9.53 Å². The van der Waals surface area contributed by atoms with Crippen LogP contribution in [0.5, 0.6) is 5.75 Å². The monoisotopic (exact) mass is 334 g/mol. The smallest absolute Gasteiger partial charge is 0.243 e. The van der Waals surface area contributed by atoms with Gasteiger partial charge in [0.2, 0.25) is 5.91 Å². The first-order valence-electron chi connectivity index (χ1n) is 8.17. The number of carbonyl (C=O) groups excluding carboxylic acids is 1. The molecule has 1 rings (SSSR count). The first-order valence-corrected chi connectivity index (χ1v) is 8.17. The molecule has 1 amide bonds. The highest BCUT2D eigenvalue weighted by atomic mass is 16.5. The first-order chi connectivity index (χ1) is 11.3. The summed E-state index contributed by atoms with van der Waals surface area (Å²) in [5.74, 6) is 1.46. The maximum Gasteiger partial charge on any atom is 0.243 e. The van der Waals surface area contributed by atoms with Crippen LogP contribution in [0.15, 0.2) is 29.3 Å². The van der Waals surface area contributed by atoms with E-state index in [-0.39, 0.29) is 17.9 Å². The highest BCUT2D eigenvalue weighted by molar-refractivity contribution is 5.84. The number of nitrogens with one attached hydrogen (secondary N) is 2. The summed E-state index contributed by atoms with van der Waals surface area (Å²) in [6, 6.07) is 8.06. The number of aliphatic imine (C=N–C) groups is 1. The summed E-state index contributed by atoms with van der Waals surface area (Å²) in [4.78, 5) is 17.6. The van der Waals surface area contributed by atoms with Crippen LogP contribution in [0.3, 0.4) is 0 Å². The summed E-state index contributed by atoms with van der Waals surface area (Å²) in [6.07, 6.45) is 0. The molecule has 6 heteroatoms. The average molecular weight is 334 g/mol. The molecule has 134 valence electrons. The Morgan fingerprint density at radius 1 is 1.29 bits per heavy atom. The summed E-state index contributed by atoms with van der Waals surface area (Å²) in [5.41, 5.74) is 1.06. The Morgan fingerprint density at radius 2 is 2.00 bits per heavy atom. The maximum absolute atomic E-state index is 11.7.